The van der Waals surface area contributed by atoms with Crippen molar-refractivity contribution in [2.45, 2.75) is 358 Å². The van der Waals surface area contributed by atoms with E-state index in [0.717, 1.165) is 89.9 Å². The van der Waals surface area contributed by atoms with E-state index in [9.17, 15) is 30.3 Å². The molecule has 0 aromatic rings. The molecule has 1 aliphatic heterocycles. The largest absolute Gasteiger partial charge is 0.394 e. The van der Waals surface area contributed by atoms with E-state index in [-0.39, 0.29) is 12.5 Å². The fraction of sp³-hybridized carbons (Fsp3) is 0.795. The van der Waals surface area contributed by atoms with E-state index in [1.165, 1.54) is 205 Å². The van der Waals surface area contributed by atoms with Crippen LogP contribution in [0.5, 0.6) is 0 Å². The van der Waals surface area contributed by atoms with Crippen LogP contribution in [0.15, 0.2) is 85.1 Å². The molecule has 1 fully saturated rings. The number of aliphatic hydroxyl groups excluding tert-OH is 5. The number of hydrogen-bond donors (Lipinski definition) is 6. The summed E-state index contributed by atoms with van der Waals surface area (Å²) < 4.78 is 11.3. The van der Waals surface area contributed by atoms with Crippen LogP contribution in [0.1, 0.15) is 316 Å². The molecule has 82 heavy (non-hydrogen) atoms. The van der Waals surface area contributed by atoms with Gasteiger partial charge in [-0.2, -0.15) is 0 Å². The molecule has 1 aliphatic rings. The number of ether oxygens (including phenoxy) is 2. The third kappa shape index (κ3) is 49.6. The van der Waals surface area contributed by atoms with Gasteiger partial charge in [0.25, 0.3) is 0 Å². The minimum Gasteiger partial charge on any atom is -0.394 e. The Morgan fingerprint density at radius 3 is 1.12 bits per heavy atom. The predicted molar refractivity (Wildman–Crippen MR) is 350 cm³/mol. The van der Waals surface area contributed by atoms with E-state index < -0.39 is 49.5 Å². The first-order valence-corrected chi connectivity index (χ1v) is 34.8. The molecule has 6 N–H and O–H groups in total. The number of rotatable bonds is 60. The van der Waals surface area contributed by atoms with E-state index in [2.05, 4.69) is 92.1 Å². The molecule has 0 bridgehead atoms. The maximum atomic E-state index is 13.1. The Balaban J connectivity index is 2.15. The zero-order chi connectivity index (χ0) is 59.3. The Labute approximate surface area is 505 Å². The molecule has 9 heteroatoms. The lowest BCUT2D eigenvalue weighted by molar-refractivity contribution is -0.302. The van der Waals surface area contributed by atoms with Crippen LogP contribution in [0, 0.1) is 0 Å². The summed E-state index contributed by atoms with van der Waals surface area (Å²) in [4.78, 5) is 13.1. The van der Waals surface area contributed by atoms with E-state index in [4.69, 9.17) is 9.47 Å². The van der Waals surface area contributed by atoms with Gasteiger partial charge < -0.3 is 40.3 Å². The second-order valence-electron chi connectivity index (χ2n) is 23.9. The van der Waals surface area contributed by atoms with Crippen molar-refractivity contribution in [2.75, 3.05) is 13.2 Å². The second-order valence-corrected chi connectivity index (χ2v) is 23.9. The summed E-state index contributed by atoms with van der Waals surface area (Å²) in [5.41, 5.74) is 0. The van der Waals surface area contributed by atoms with Gasteiger partial charge in [-0.3, -0.25) is 4.79 Å². The first kappa shape index (κ1) is 77.4. The zero-order valence-corrected chi connectivity index (χ0v) is 53.2. The fourth-order valence-electron chi connectivity index (χ4n) is 10.8. The molecule has 9 nitrogen and oxygen atoms in total. The fourth-order valence-corrected chi connectivity index (χ4v) is 10.8. The standard InChI is InChI=1S/C73H131NO8/c1-3-5-7-9-11-13-15-17-19-21-23-25-27-29-31-32-33-34-35-37-38-40-42-44-46-48-50-52-54-56-58-60-62-67(76)66(65-81-73-72(80)71(79)70(78)68(64-75)82-73)74-69(77)63-61-59-57-55-53-51-49-47-45-43-41-39-36-30-28-26-24-22-20-18-16-14-12-10-8-6-4-2/h6,8,12,14,18,20,24,26,30,36,41,43,60,62,66-68,70-73,75-76,78-80H,3-5,7,9-11,13,15-17,19,21-23,25,27-29,31-35,37-40,42,44-59,61,63-65H2,1-2H3,(H,74,77)/b8-6-,14-12-,20-18-,26-24-,36-30-,43-41-,62-60+. The van der Waals surface area contributed by atoms with Gasteiger partial charge in [0.05, 0.1) is 25.4 Å². The molecular formula is C73H131NO8. The number of aliphatic hydroxyl groups is 5. The molecule has 0 aromatic heterocycles. The normalized spacial score (nSPS) is 18.8. The van der Waals surface area contributed by atoms with Gasteiger partial charge in [-0.05, 0) is 70.6 Å². The van der Waals surface area contributed by atoms with Crippen molar-refractivity contribution in [2.24, 2.45) is 0 Å². The number of carbonyl (C=O) groups excluding carboxylic acids is 1. The summed E-state index contributed by atoms with van der Waals surface area (Å²) in [5, 5.41) is 54.8. The number of hydrogen-bond acceptors (Lipinski definition) is 8. The van der Waals surface area contributed by atoms with Crippen molar-refractivity contribution in [1.82, 2.24) is 5.32 Å². The molecular weight excluding hydrogens is 1020 g/mol. The highest BCUT2D eigenvalue weighted by Gasteiger charge is 2.44. The van der Waals surface area contributed by atoms with Crippen LogP contribution in [0.25, 0.3) is 0 Å². The van der Waals surface area contributed by atoms with E-state index in [0.29, 0.717) is 6.42 Å². The average Bonchev–Trinajstić information content (AvgIpc) is 3.53. The molecule has 1 amide bonds. The SMILES string of the molecule is CC/C=C\C/C=C\C/C=C\C/C=C\C/C=C\C/C=C\CCCCCCCCCCC(=O)NC(COC1OC(CO)C(O)C(O)C1O)C(O)/C=C/CCCCCCCCCCCCCCCCCCCCCCCCCCCCCCCC. The van der Waals surface area contributed by atoms with Gasteiger partial charge in [-0.1, -0.05) is 324 Å². The molecule has 0 radical (unpaired) electrons. The molecule has 7 atom stereocenters. The minimum absolute atomic E-state index is 0.185. The van der Waals surface area contributed by atoms with Gasteiger partial charge in [0.15, 0.2) is 6.29 Å². The number of nitrogens with one attached hydrogen (secondary N) is 1. The molecule has 7 unspecified atom stereocenters. The van der Waals surface area contributed by atoms with Crippen LogP contribution in [0.3, 0.4) is 0 Å². The van der Waals surface area contributed by atoms with E-state index in [1.807, 2.05) is 6.08 Å². The lowest BCUT2D eigenvalue weighted by Crippen LogP contribution is -2.60. The van der Waals surface area contributed by atoms with Crippen molar-refractivity contribution in [3.63, 3.8) is 0 Å². The zero-order valence-electron chi connectivity index (χ0n) is 53.2. The van der Waals surface area contributed by atoms with Gasteiger partial charge >= 0.3 is 0 Å². The third-order valence-electron chi connectivity index (χ3n) is 16.2. The predicted octanol–water partition coefficient (Wildman–Crippen LogP) is 18.9. The lowest BCUT2D eigenvalue weighted by atomic mass is 9.99. The van der Waals surface area contributed by atoms with E-state index in [1.54, 1.807) is 6.08 Å². The maximum Gasteiger partial charge on any atom is 0.220 e. The molecule has 1 heterocycles. The van der Waals surface area contributed by atoms with Crippen molar-refractivity contribution >= 4 is 5.91 Å². The summed E-state index contributed by atoms with van der Waals surface area (Å²) in [6.07, 6.45) is 81.1. The number of unbranched alkanes of at least 4 members (excludes halogenated alkanes) is 38. The van der Waals surface area contributed by atoms with Gasteiger partial charge in [0.1, 0.15) is 24.4 Å². The second kappa shape index (κ2) is 61.5. The van der Waals surface area contributed by atoms with Crippen LogP contribution in [0.4, 0.5) is 0 Å². The van der Waals surface area contributed by atoms with Crippen LogP contribution in [-0.2, 0) is 14.3 Å². The lowest BCUT2D eigenvalue weighted by Gasteiger charge is -2.40. The highest BCUT2D eigenvalue weighted by Crippen LogP contribution is 2.23. The molecule has 0 spiro atoms. The van der Waals surface area contributed by atoms with Crippen LogP contribution >= 0.6 is 0 Å². The van der Waals surface area contributed by atoms with E-state index >= 15 is 0 Å². The molecule has 1 saturated heterocycles. The molecule has 0 aromatic carbocycles. The number of allylic oxidation sites excluding steroid dienone is 13. The molecule has 0 aliphatic carbocycles. The van der Waals surface area contributed by atoms with Crippen LogP contribution in [-0.4, -0.2) is 87.5 Å². The molecule has 0 saturated carbocycles. The van der Waals surface area contributed by atoms with Crippen LogP contribution < -0.4 is 5.32 Å². The Morgan fingerprint density at radius 1 is 0.427 bits per heavy atom. The topological polar surface area (TPSA) is 149 Å². The third-order valence-corrected chi connectivity index (χ3v) is 16.2. The molecule has 1 rings (SSSR count). The Kier molecular flexibility index (Phi) is 58.0. The van der Waals surface area contributed by atoms with Gasteiger partial charge in [0.2, 0.25) is 5.91 Å². The Hall–Kier alpha value is -2.63. The van der Waals surface area contributed by atoms with Crippen molar-refractivity contribution in [3.8, 4) is 0 Å². The van der Waals surface area contributed by atoms with Crippen molar-refractivity contribution < 1.29 is 39.8 Å². The summed E-state index contributed by atoms with van der Waals surface area (Å²) in [7, 11) is 0. The summed E-state index contributed by atoms with van der Waals surface area (Å²) in [6, 6.07) is -0.817. The Morgan fingerprint density at radius 2 is 0.756 bits per heavy atom. The Bertz CT molecular complexity index is 1570. The summed E-state index contributed by atoms with van der Waals surface area (Å²) >= 11 is 0. The minimum atomic E-state index is -1.57. The number of carbonyl (C=O) groups is 1. The first-order valence-electron chi connectivity index (χ1n) is 34.8. The average molecular weight is 1150 g/mol. The monoisotopic (exact) mass is 1150 g/mol. The molecule has 476 valence electrons. The maximum absolute atomic E-state index is 13.1. The highest BCUT2D eigenvalue weighted by atomic mass is 16.7. The quantitative estimate of drug-likeness (QED) is 0.0261. The van der Waals surface area contributed by atoms with Crippen LogP contribution in [0.2, 0.25) is 0 Å². The van der Waals surface area contributed by atoms with Crippen molar-refractivity contribution in [1.29, 1.82) is 0 Å². The van der Waals surface area contributed by atoms with Gasteiger partial charge in [-0.25, -0.2) is 0 Å². The van der Waals surface area contributed by atoms with Gasteiger partial charge in [0, 0.05) is 6.42 Å². The first-order chi connectivity index (χ1) is 40.3. The highest BCUT2D eigenvalue weighted by molar-refractivity contribution is 5.76. The van der Waals surface area contributed by atoms with Gasteiger partial charge in [-0.15, -0.1) is 0 Å². The number of amides is 1. The smallest absolute Gasteiger partial charge is 0.220 e. The van der Waals surface area contributed by atoms with Crippen molar-refractivity contribution in [3.05, 3.63) is 85.1 Å². The summed E-state index contributed by atoms with van der Waals surface area (Å²) in [6.45, 7) is 3.69. The summed E-state index contributed by atoms with van der Waals surface area (Å²) in [5.74, 6) is -0.185.